The normalized spacial score (nSPS) is 10.3. The number of anilines is 2. The number of para-hydroxylation sites is 1. The van der Waals surface area contributed by atoms with E-state index in [4.69, 9.17) is 4.74 Å². The third kappa shape index (κ3) is 4.20. The van der Waals surface area contributed by atoms with Gasteiger partial charge >= 0.3 is 0 Å². The molecule has 7 heteroatoms. The van der Waals surface area contributed by atoms with Crippen molar-refractivity contribution in [1.82, 2.24) is 19.9 Å². The lowest BCUT2D eigenvalue weighted by molar-refractivity contribution is 0.410. The van der Waals surface area contributed by atoms with E-state index in [0.29, 0.717) is 5.95 Å². The molecule has 0 atom stereocenters. The van der Waals surface area contributed by atoms with Gasteiger partial charge in [0.05, 0.1) is 12.8 Å². The Bertz CT molecular complexity index is 822. The second-order valence-corrected chi connectivity index (χ2v) is 5.32. The van der Waals surface area contributed by atoms with Gasteiger partial charge in [0, 0.05) is 37.6 Å². The summed E-state index contributed by atoms with van der Waals surface area (Å²) in [5.74, 6) is 2.24. The van der Waals surface area contributed by atoms with Gasteiger partial charge in [-0.25, -0.2) is 19.9 Å². The molecule has 7 nitrogen and oxygen atoms in total. The highest BCUT2D eigenvalue weighted by Gasteiger charge is 2.05. The van der Waals surface area contributed by atoms with Gasteiger partial charge in [0.25, 0.3) is 0 Å². The summed E-state index contributed by atoms with van der Waals surface area (Å²) in [6, 6.07) is 9.89. The van der Waals surface area contributed by atoms with Crippen molar-refractivity contribution < 1.29 is 4.74 Å². The minimum Gasteiger partial charge on any atom is -0.496 e. The number of benzene rings is 1. The Kier molecular flexibility index (Phi) is 5.36. The molecule has 3 rings (SSSR count). The van der Waals surface area contributed by atoms with Gasteiger partial charge in [0.1, 0.15) is 17.9 Å². The number of hydrogen-bond donors (Lipinski definition) is 2. The number of hydrogen-bond acceptors (Lipinski definition) is 7. The first-order valence-corrected chi connectivity index (χ1v) is 7.98. The monoisotopic (exact) mass is 336 g/mol. The maximum absolute atomic E-state index is 5.37. The van der Waals surface area contributed by atoms with Crippen LogP contribution >= 0.6 is 0 Å². The quantitative estimate of drug-likeness (QED) is 0.686. The van der Waals surface area contributed by atoms with E-state index < -0.39 is 0 Å². The Labute approximate surface area is 146 Å². The zero-order valence-electron chi connectivity index (χ0n) is 14.2. The summed E-state index contributed by atoms with van der Waals surface area (Å²) in [5.41, 5.74) is 2.77. The molecule has 0 unspecified atom stereocenters. The molecule has 0 aliphatic heterocycles. The average molecular weight is 336 g/mol. The molecule has 0 bridgehead atoms. The molecule has 3 aromatic rings. The standard InChI is InChI=1S/C18H20N6O/c1-19-18-21-10-14(11-22-18)15-9-17(24-12-23-15)20-8-7-13-5-3-4-6-16(13)25-2/h3-6,9-12H,7-8H2,1-2H3,(H,19,21,22)(H,20,23,24). The smallest absolute Gasteiger partial charge is 0.222 e. The van der Waals surface area contributed by atoms with Crippen LogP contribution < -0.4 is 15.4 Å². The summed E-state index contributed by atoms with van der Waals surface area (Å²) in [6.45, 7) is 0.742. The predicted molar refractivity (Wildman–Crippen MR) is 97.8 cm³/mol. The summed E-state index contributed by atoms with van der Waals surface area (Å²) >= 11 is 0. The van der Waals surface area contributed by atoms with E-state index in [1.54, 1.807) is 26.6 Å². The number of ether oxygens (including phenoxy) is 1. The Balaban J connectivity index is 1.65. The lowest BCUT2D eigenvalue weighted by Gasteiger charge is -2.10. The lowest BCUT2D eigenvalue weighted by atomic mass is 10.1. The van der Waals surface area contributed by atoms with Crippen LogP contribution in [0.2, 0.25) is 0 Å². The zero-order valence-corrected chi connectivity index (χ0v) is 14.2. The summed E-state index contributed by atoms with van der Waals surface area (Å²) in [6.07, 6.45) is 5.84. The summed E-state index contributed by atoms with van der Waals surface area (Å²) in [7, 11) is 3.47. The second kappa shape index (κ2) is 8.05. The molecule has 0 aliphatic rings. The third-order valence-electron chi connectivity index (χ3n) is 3.73. The minimum atomic E-state index is 0.577. The van der Waals surface area contributed by atoms with Crippen LogP contribution in [0, 0.1) is 0 Å². The van der Waals surface area contributed by atoms with Gasteiger partial charge in [-0.3, -0.25) is 0 Å². The Morgan fingerprint density at radius 3 is 2.60 bits per heavy atom. The number of methoxy groups -OCH3 is 1. The third-order valence-corrected chi connectivity index (χ3v) is 3.73. The van der Waals surface area contributed by atoms with Crippen molar-refractivity contribution >= 4 is 11.8 Å². The van der Waals surface area contributed by atoms with Gasteiger partial charge < -0.3 is 15.4 Å². The topological polar surface area (TPSA) is 84.9 Å². The van der Waals surface area contributed by atoms with E-state index in [-0.39, 0.29) is 0 Å². The van der Waals surface area contributed by atoms with Crippen LogP contribution in [0.15, 0.2) is 49.1 Å². The highest BCUT2D eigenvalue weighted by Crippen LogP contribution is 2.19. The molecule has 1 aromatic carbocycles. The van der Waals surface area contributed by atoms with E-state index >= 15 is 0 Å². The molecule has 0 saturated heterocycles. The fourth-order valence-electron chi connectivity index (χ4n) is 2.44. The summed E-state index contributed by atoms with van der Waals surface area (Å²) in [4.78, 5) is 17.0. The van der Waals surface area contributed by atoms with Gasteiger partial charge in [0.15, 0.2) is 0 Å². The fraction of sp³-hybridized carbons (Fsp3) is 0.222. The predicted octanol–water partition coefficient (Wildman–Crippen LogP) is 2.64. The number of aromatic nitrogens is 4. The molecule has 0 spiro atoms. The lowest BCUT2D eigenvalue weighted by Crippen LogP contribution is -2.07. The van der Waals surface area contributed by atoms with Gasteiger partial charge in [-0.15, -0.1) is 0 Å². The SMILES string of the molecule is CNc1ncc(-c2cc(NCCc3ccccc3OC)ncn2)cn1. The van der Waals surface area contributed by atoms with Crippen molar-refractivity contribution in [3.8, 4) is 17.0 Å². The Morgan fingerprint density at radius 2 is 1.84 bits per heavy atom. The first kappa shape index (κ1) is 16.6. The van der Waals surface area contributed by atoms with Crippen molar-refractivity contribution in [3.63, 3.8) is 0 Å². The first-order chi connectivity index (χ1) is 12.3. The van der Waals surface area contributed by atoms with Crippen LogP contribution in [-0.4, -0.2) is 40.6 Å². The van der Waals surface area contributed by atoms with Crippen molar-refractivity contribution in [1.29, 1.82) is 0 Å². The Hall–Kier alpha value is -3.22. The van der Waals surface area contributed by atoms with Gasteiger partial charge in [-0.2, -0.15) is 0 Å². The maximum Gasteiger partial charge on any atom is 0.222 e. The molecule has 128 valence electrons. The molecule has 0 saturated carbocycles. The van der Waals surface area contributed by atoms with E-state index in [9.17, 15) is 0 Å². The number of rotatable bonds is 7. The van der Waals surface area contributed by atoms with Crippen LogP contribution in [0.5, 0.6) is 5.75 Å². The largest absolute Gasteiger partial charge is 0.496 e. The van der Waals surface area contributed by atoms with E-state index in [1.165, 1.54) is 6.33 Å². The van der Waals surface area contributed by atoms with Gasteiger partial charge in [0.2, 0.25) is 5.95 Å². The van der Waals surface area contributed by atoms with Gasteiger partial charge in [-0.05, 0) is 18.1 Å². The van der Waals surface area contributed by atoms with Crippen molar-refractivity contribution in [2.75, 3.05) is 31.3 Å². The molecular weight excluding hydrogens is 316 g/mol. The molecule has 2 aromatic heterocycles. The number of nitrogens with one attached hydrogen (secondary N) is 2. The van der Waals surface area contributed by atoms with E-state index in [2.05, 4.69) is 36.6 Å². The molecule has 2 N–H and O–H groups in total. The molecular formula is C18H20N6O. The molecule has 25 heavy (non-hydrogen) atoms. The number of nitrogens with zero attached hydrogens (tertiary/aromatic N) is 4. The molecule has 0 fully saturated rings. The van der Waals surface area contributed by atoms with E-state index in [1.807, 2.05) is 24.3 Å². The molecule has 0 radical (unpaired) electrons. The minimum absolute atomic E-state index is 0.577. The second-order valence-electron chi connectivity index (χ2n) is 5.32. The van der Waals surface area contributed by atoms with Crippen LogP contribution in [0.25, 0.3) is 11.3 Å². The van der Waals surface area contributed by atoms with Crippen molar-refractivity contribution in [2.45, 2.75) is 6.42 Å². The highest BCUT2D eigenvalue weighted by molar-refractivity contribution is 5.60. The zero-order chi connectivity index (χ0) is 17.5. The summed E-state index contributed by atoms with van der Waals surface area (Å²) < 4.78 is 5.37. The fourth-order valence-corrected chi connectivity index (χ4v) is 2.44. The van der Waals surface area contributed by atoms with Crippen LogP contribution in [0.1, 0.15) is 5.56 Å². The molecule has 2 heterocycles. The summed E-state index contributed by atoms with van der Waals surface area (Å²) in [5, 5.41) is 6.21. The molecule has 0 aliphatic carbocycles. The van der Waals surface area contributed by atoms with Crippen LogP contribution in [0.3, 0.4) is 0 Å². The maximum atomic E-state index is 5.37. The van der Waals surface area contributed by atoms with Crippen LogP contribution in [-0.2, 0) is 6.42 Å². The average Bonchev–Trinajstić information content (AvgIpc) is 2.69. The van der Waals surface area contributed by atoms with Crippen LogP contribution in [0.4, 0.5) is 11.8 Å². The van der Waals surface area contributed by atoms with Crippen molar-refractivity contribution in [3.05, 3.63) is 54.6 Å². The Morgan fingerprint density at radius 1 is 1.04 bits per heavy atom. The van der Waals surface area contributed by atoms with Crippen molar-refractivity contribution in [2.24, 2.45) is 0 Å². The first-order valence-electron chi connectivity index (χ1n) is 7.98. The van der Waals surface area contributed by atoms with Gasteiger partial charge in [-0.1, -0.05) is 18.2 Å². The molecule has 0 amide bonds. The van der Waals surface area contributed by atoms with E-state index in [0.717, 1.165) is 41.4 Å². The highest BCUT2D eigenvalue weighted by atomic mass is 16.5.